The van der Waals surface area contributed by atoms with Crippen molar-refractivity contribution in [2.45, 2.75) is 13.1 Å². The molecular formula is C17H20N6S. The lowest BCUT2D eigenvalue weighted by Gasteiger charge is -2.33. The molecule has 0 radical (unpaired) electrons. The lowest BCUT2D eigenvalue weighted by atomic mass is 10.2. The van der Waals surface area contributed by atoms with Gasteiger partial charge in [0.1, 0.15) is 10.5 Å². The van der Waals surface area contributed by atoms with Gasteiger partial charge in [0.2, 0.25) is 0 Å². The zero-order valence-corrected chi connectivity index (χ0v) is 14.3. The van der Waals surface area contributed by atoms with Gasteiger partial charge in [0.05, 0.1) is 18.4 Å². The monoisotopic (exact) mass is 340 g/mol. The third-order valence-electron chi connectivity index (χ3n) is 4.29. The van der Waals surface area contributed by atoms with Crippen LogP contribution in [0.5, 0.6) is 0 Å². The molecule has 1 aliphatic rings. The highest BCUT2D eigenvalue weighted by Crippen LogP contribution is 2.13. The summed E-state index contributed by atoms with van der Waals surface area (Å²) in [7, 11) is 0. The molecule has 1 aliphatic heterocycles. The summed E-state index contributed by atoms with van der Waals surface area (Å²) in [4.78, 5) is 4.94. The molecular weight excluding hydrogens is 320 g/mol. The zero-order valence-electron chi connectivity index (χ0n) is 13.5. The maximum atomic E-state index is 4.48. The van der Waals surface area contributed by atoms with Gasteiger partial charge in [-0.25, -0.2) is 4.68 Å². The molecule has 0 unspecified atom stereocenters. The molecule has 3 aromatic rings. The Morgan fingerprint density at radius 1 is 0.958 bits per heavy atom. The SMILES string of the molecule is c1ccc(-n2cc(CN3CCN(Cc4nncs4)CC3)cn2)cc1. The van der Waals surface area contributed by atoms with Crippen molar-refractivity contribution in [3.8, 4) is 5.69 Å². The van der Waals surface area contributed by atoms with Crippen molar-refractivity contribution in [1.82, 2.24) is 29.8 Å². The van der Waals surface area contributed by atoms with Crippen molar-refractivity contribution >= 4 is 11.3 Å². The Bertz CT molecular complexity index is 747. The predicted molar refractivity (Wildman–Crippen MR) is 94.0 cm³/mol. The first kappa shape index (κ1) is 15.4. The van der Waals surface area contributed by atoms with Gasteiger partial charge in [-0.2, -0.15) is 5.10 Å². The largest absolute Gasteiger partial charge is 0.296 e. The molecule has 2 aromatic heterocycles. The number of hydrogen-bond acceptors (Lipinski definition) is 6. The van der Waals surface area contributed by atoms with Crippen LogP contribution in [-0.2, 0) is 13.1 Å². The molecule has 7 heteroatoms. The minimum atomic E-state index is 0.921. The van der Waals surface area contributed by atoms with Crippen molar-refractivity contribution in [1.29, 1.82) is 0 Å². The third kappa shape index (κ3) is 3.69. The molecule has 3 heterocycles. The van der Waals surface area contributed by atoms with Crippen molar-refractivity contribution in [2.75, 3.05) is 26.2 Å². The maximum Gasteiger partial charge on any atom is 0.131 e. The summed E-state index contributed by atoms with van der Waals surface area (Å²) in [6.07, 6.45) is 4.10. The molecule has 6 nitrogen and oxygen atoms in total. The minimum absolute atomic E-state index is 0.921. The van der Waals surface area contributed by atoms with Crippen molar-refractivity contribution in [3.05, 3.63) is 58.8 Å². The molecule has 0 bridgehead atoms. The second-order valence-electron chi connectivity index (χ2n) is 6.01. The summed E-state index contributed by atoms with van der Waals surface area (Å²) < 4.78 is 1.95. The summed E-state index contributed by atoms with van der Waals surface area (Å²) in [5.41, 5.74) is 4.16. The van der Waals surface area contributed by atoms with E-state index in [2.05, 4.69) is 43.4 Å². The second-order valence-corrected chi connectivity index (χ2v) is 6.93. The lowest BCUT2D eigenvalue weighted by Crippen LogP contribution is -2.45. The first-order chi connectivity index (χ1) is 11.9. The standard InChI is InChI=1S/C17H20N6S/c1-2-4-16(5-3-1)23-12-15(10-19-23)11-21-6-8-22(9-7-21)13-17-20-18-14-24-17/h1-5,10,12,14H,6-9,11,13H2. The molecule has 24 heavy (non-hydrogen) atoms. The number of para-hydroxylation sites is 1. The Morgan fingerprint density at radius 3 is 2.42 bits per heavy atom. The van der Waals surface area contributed by atoms with Crippen LogP contribution in [0.15, 0.2) is 48.2 Å². The summed E-state index contributed by atoms with van der Waals surface area (Å²) in [6.45, 7) is 6.19. The van der Waals surface area contributed by atoms with Crippen LogP contribution < -0.4 is 0 Å². The van der Waals surface area contributed by atoms with Crippen LogP contribution >= 0.6 is 11.3 Å². The molecule has 0 N–H and O–H groups in total. The van der Waals surface area contributed by atoms with Gasteiger partial charge in [0.25, 0.3) is 0 Å². The Morgan fingerprint density at radius 2 is 1.71 bits per heavy atom. The first-order valence-electron chi connectivity index (χ1n) is 8.15. The first-order valence-corrected chi connectivity index (χ1v) is 9.03. The van der Waals surface area contributed by atoms with Crippen LogP contribution in [-0.4, -0.2) is 56.0 Å². The fourth-order valence-corrected chi connectivity index (χ4v) is 3.55. The molecule has 124 valence electrons. The van der Waals surface area contributed by atoms with Crippen molar-refractivity contribution < 1.29 is 0 Å². The van der Waals surface area contributed by atoms with Gasteiger partial charge in [-0.1, -0.05) is 18.2 Å². The Hall–Kier alpha value is -2.09. The van der Waals surface area contributed by atoms with Gasteiger partial charge in [0.15, 0.2) is 0 Å². The van der Waals surface area contributed by atoms with E-state index in [0.29, 0.717) is 0 Å². The lowest BCUT2D eigenvalue weighted by molar-refractivity contribution is 0.122. The molecule has 1 aromatic carbocycles. The van der Waals surface area contributed by atoms with Crippen LogP contribution in [0.4, 0.5) is 0 Å². The number of benzene rings is 1. The van der Waals surface area contributed by atoms with E-state index < -0.39 is 0 Å². The summed E-state index contributed by atoms with van der Waals surface area (Å²) in [6, 6.07) is 10.2. The van der Waals surface area contributed by atoms with Gasteiger partial charge in [-0.3, -0.25) is 9.80 Å². The Balaban J connectivity index is 1.30. The van der Waals surface area contributed by atoms with E-state index in [1.807, 2.05) is 29.1 Å². The maximum absolute atomic E-state index is 4.48. The van der Waals surface area contributed by atoms with E-state index in [1.54, 1.807) is 16.8 Å². The average molecular weight is 340 g/mol. The normalized spacial score (nSPS) is 16.5. The molecule has 0 amide bonds. The van der Waals surface area contributed by atoms with E-state index in [1.165, 1.54) is 5.56 Å². The second kappa shape index (κ2) is 7.21. The van der Waals surface area contributed by atoms with Gasteiger partial charge in [-0.15, -0.1) is 21.5 Å². The van der Waals surface area contributed by atoms with Crippen molar-refractivity contribution in [3.63, 3.8) is 0 Å². The Labute approximate surface area is 145 Å². The summed E-state index contributed by atoms with van der Waals surface area (Å²) in [5.74, 6) is 0. The summed E-state index contributed by atoms with van der Waals surface area (Å²) >= 11 is 1.63. The fraction of sp³-hybridized carbons (Fsp3) is 0.353. The molecule has 0 spiro atoms. The average Bonchev–Trinajstić information content (AvgIpc) is 3.29. The molecule has 0 atom stereocenters. The number of rotatable bonds is 5. The van der Waals surface area contributed by atoms with Gasteiger partial charge < -0.3 is 0 Å². The highest BCUT2D eigenvalue weighted by Gasteiger charge is 2.18. The van der Waals surface area contributed by atoms with Crippen molar-refractivity contribution in [2.24, 2.45) is 0 Å². The molecule has 0 saturated carbocycles. The molecule has 4 rings (SSSR count). The zero-order chi connectivity index (χ0) is 16.2. The topological polar surface area (TPSA) is 50.1 Å². The number of piperazine rings is 1. The van der Waals surface area contributed by atoms with Gasteiger partial charge in [-0.05, 0) is 12.1 Å². The van der Waals surface area contributed by atoms with Gasteiger partial charge in [0, 0.05) is 44.5 Å². The Kier molecular flexibility index (Phi) is 4.64. The predicted octanol–water partition coefficient (Wildman–Crippen LogP) is 2.04. The molecule has 1 fully saturated rings. The quantitative estimate of drug-likeness (QED) is 0.711. The highest BCUT2D eigenvalue weighted by molar-refractivity contribution is 7.09. The number of aromatic nitrogens is 4. The number of hydrogen-bond donors (Lipinski definition) is 0. The fourth-order valence-electron chi connectivity index (χ4n) is 2.98. The number of nitrogens with zero attached hydrogens (tertiary/aromatic N) is 6. The third-order valence-corrected chi connectivity index (χ3v) is 4.97. The highest BCUT2D eigenvalue weighted by atomic mass is 32.1. The molecule has 0 aliphatic carbocycles. The van der Waals surface area contributed by atoms with E-state index in [-0.39, 0.29) is 0 Å². The van der Waals surface area contributed by atoms with Crippen LogP contribution in [0, 0.1) is 0 Å². The van der Waals surface area contributed by atoms with Gasteiger partial charge >= 0.3 is 0 Å². The van der Waals surface area contributed by atoms with E-state index in [4.69, 9.17) is 0 Å². The van der Waals surface area contributed by atoms with Crippen LogP contribution in [0.2, 0.25) is 0 Å². The van der Waals surface area contributed by atoms with E-state index in [9.17, 15) is 0 Å². The summed E-state index contributed by atoms with van der Waals surface area (Å²) in [5, 5.41) is 13.6. The van der Waals surface area contributed by atoms with Crippen LogP contribution in [0.3, 0.4) is 0 Å². The molecule has 1 saturated heterocycles. The minimum Gasteiger partial charge on any atom is -0.296 e. The van der Waals surface area contributed by atoms with Crippen LogP contribution in [0.25, 0.3) is 5.69 Å². The van der Waals surface area contributed by atoms with Crippen LogP contribution in [0.1, 0.15) is 10.6 Å². The smallest absolute Gasteiger partial charge is 0.131 e. The van der Waals surface area contributed by atoms with E-state index >= 15 is 0 Å². The van der Waals surface area contributed by atoms with E-state index in [0.717, 1.165) is 50.0 Å².